The van der Waals surface area contributed by atoms with Crippen LogP contribution in [0, 0.1) is 5.82 Å². The van der Waals surface area contributed by atoms with Crippen molar-refractivity contribution >= 4 is 40.7 Å². The average molecular weight is 574 g/mol. The van der Waals surface area contributed by atoms with Gasteiger partial charge >= 0.3 is 12.0 Å². The Labute approximate surface area is 231 Å². The van der Waals surface area contributed by atoms with Gasteiger partial charge in [0, 0.05) is 18.4 Å². The van der Waals surface area contributed by atoms with Gasteiger partial charge in [-0.3, -0.25) is 15.0 Å². The highest BCUT2D eigenvalue weighted by molar-refractivity contribution is 6.31. The van der Waals surface area contributed by atoms with Crippen LogP contribution in [0.2, 0.25) is 10.0 Å². The standard InChI is InChI=1S/C25H22Cl2FN7O4/c1-11(2)34-19-18(12-5-6-15(27)16(28)7-12)35(17-8-13(26)9-29-22(17)36)25(37)32-20(19)31-21(34)14-10-30-24(39-4)33-23(14)38-3/h5-11,18H,1-4H3,(H,29,36)(H,32,37). The molecular weight excluding hydrogens is 552 g/mol. The molecule has 0 saturated carbocycles. The minimum Gasteiger partial charge on any atom is -0.480 e. The Morgan fingerprint density at radius 1 is 1.10 bits per heavy atom. The molecule has 202 valence electrons. The fourth-order valence-corrected chi connectivity index (χ4v) is 4.81. The number of carbonyl (C=O) groups is 1. The third-order valence-corrected chi connectivity index (χ3v) is 6.67. The van der Waals surface area contributed by atoms with Crippen LogP contribution in [-0.2, 0) is 0 Å². The van der Waals surface area contributed by atoms with Crippen LogP contribution in [0.3, 0.4) is 0 Å². The van der Waals surface area contributed by atoms with E-state index in [1.54, 1.807) is 6.07 Å². The number of imidazole rings is 1. The van der Waals surface area contributed by atoms with Gasteiger partial charge in [0.1, 0.15) is 23.4 Å². The van der Waals surface area contributed by atoms with E-state index in [-0.39, 0.29) is 39.5 Å². The Hall–Kier alpha value is -4.16. The normalized spacial score (nSPS) is 14.8. The number of aromatic amines is 1. The number of hydrogen-bond acceptors (Lipinski definition) is 7. The number of aromatic nitrogens is 5. The molecular formula is C25H22Cl2FN7O4. The van der Waals surface area contributed by atoms with Crippen molar-refractivity contribution in [3.63, 3.8) is 0 Å². The Balaban J connectivity index is 1.83. The fraction of sp³-hybridized carbons (Fsp3) is 0.240. The third kappa shape index (κ3) is 4.55. The molecule has 0 aliphatic carbocycles. The maximum atomic E-state index is 14.8. The summed E-state index contributed by atoms with van der Waals surface area (Å²) in [5.74, 6) is 0.0742. The molecule has 0 spiro atoms. The molecule has 0 saturated heterocycles. The molecule has 3 aromatic heterocycles. The van der Waals surface area contributed by atoms with Crippen molar-refractivity contribution in [2.24, 2.45) is 0 Å². The van der Waals surface area contributed by atoms with Crippen LogP contribution in [0.5, 0.6) is 11.9 Å². The largest absolute Gasteiger partial charge is 0.480 e. The Kier molecular flexibility index (Phi) is 6.91. The number of urea groups is 1. The molecule has 1 atom stereocenters. The zero-order chi connectivity index (χ0) is 28.0. The molecule has 0 fully saturated rings. The minimum atomic E-state index is -1.01. The number of H-pyrrole nitrogens is 1. The van der Waals surface area contributed by atoms with E-state index in [1.165, 1.54) is 49.7 Å². The van der Waals surface area contributed by atoms with Crippen molar-refractivity contribution in [1.82, 2.24) is 24.5 Å². The highest BCUT2D eigenvalue weighted by Gasteiger charge is 2.42. The predicted octanol–water partition coefficient (Wildman–Crippen LogP) is 5.21. The maximum absolute atomic E-state index is 14.8. The molecule has 0 bridgehead atoms. The number of amides is 2. The molecule has 4 heterocycles. The van der Waals surface area contributed by atoms with E-state index in [4.69, 9.17) is 37.7 Å². The van der Waals surface area contributed by atoms with E-state index in [0.29, 0.717) is 22.6 Å². The second-order valence-electron chi connectivity index (χ2n) is 8.82. The van der Waals surface area contributed by atoms with Crippen molar-refractivity contribution in [3.8, 4) is 23.3 Å². The topological polar surface area (TPSA) is 127 Å². The molecule has 1 unspecified atom stereocenters. The lowest BCUT2D eigenvalue weighted by Gasteiger charge is -2.36. The van der Waals surface area contributed by atoms with Crippen LogP contribution in [0.25, 0.3) is 11.4 Å². The number of benzene rings is 1. The SMILES string of the molecule is COc1ncc(-c2nc3c(n2C(C)C)C(c2ccc(Cl)c(F)c2)N(c2cc(Cl)c[nH]c2=O)C(=O)N3)c(OC)n1. The zero-order valence-corrected chi connectivity index (χ0v) is 22.6. The quantitative estimate of drug-likeness (QED) is 0.324. The first-order valence-electron chi connectivity index (χ1n) is 11.7. The first kappa shape index (κ1) is 26.4. The average Bonchev–Trinajstić information content (AvgIpc) is 3.29. The number of fused-ring (bicyclic) bond motifs is 1. The van der Waals surface area contributed by atoms with Gasteiger partial charge in [0.25, 0.3) is 5.56 Å². The van der Waals surface area contributed by atoms with Gasteiger partial charge in [-0.05, 0) is 37.6 Å². The van der Waals surface area contributed by atoms with E-state index < -0.39 is 23.4 Å². The Morgan fingerprint density at radius 3 is 2.54 bits per heavy atom. The first-order chi connectivity index (χ1) is 18.6. The van der Waals surface area contributed by atoms with E-state index in [0.717, 1.165) is 0 Å². The van der Waals surface area contributed by atoms with Crippen molar-refractivity contribution in [2.45, 2.75) is 25.9 Å². The van der Waals surface area contributed by atoms with Gasteiger partial charge < -0.3 is 19.0 Å². The summed E-state index contributed by atoms with van der Waals surface area (Å²) in [7, 11) is 2.88. The molecule has 5 rings (SSSR count). The molecule has 1 aliphatic heterocycles. The number of nitrogens with zero attached hydrogens (tertiary/aromatic N) is 5. The molecule has 14 heteroatoms. The minimum absolute atomic E-state index is 0.0468. The van der Waals surface area contributed by atoms with Crippen molar-refractivity contribution in [2.75, 3.05) is 24.4 Å². The van der Waals surface area contributed by atoms with Gasteiger partial charge in [0.15, 0.2) is 5.82 Å². The molecule has 1 aliphatic rings. The van der Waals surface area contributed by atoms with E-state index in [1.807, 2.05) is 18.4 Å². The molecule has 11 nitrogen and oxygen atoms in total. The zero-order valence-electron chi connectivity index (χ0n) is 21.1. The van der Waals surface area contributed by atoms with Crippen molar-refractivity contribution in [1.29, 1.82) is 0 Å². The van der Waals surface area contributed by atoms with E-state index >= 15 is 0 Å². The van der Waals surface area contributed by atoms with Gasteiger partial charge in [0.05, 0.1) is 35.5 Å². The van der Waals surface area contributed by atoms with Crippen LogP contribution in [0.4, 0.5) is 20.7 Å². The second-order valence-corrected chi connectivity index (χ2v) is 9.66. The number of pyridine rings is 1. The molecule has 0 radical (unpaired) electrons. The summed E-state index contributed by atoms with van der Waals surface area (Å²) in [5.41, 5.74) is 0.619. The summed E-state index contributed by atoms with van der Waals surface area (Å²) in [6, 6.07) is 3.73. The van der Waals surface area contributed by atoms with Gasteiger partial charge in [-0.25, -0.2) is 19.2 Å². The lowest BCUT2D eigenvalue weighted by Crippen LogP contribution is -2.46. The molecule has 39 heavy (non-hydrogen) atoms. The van der Waals surface area contributed by atoms with Crippen LogP contribution < -0.4 is 25.2 Å². The van der Waals surface area contributed by atoms with E-state index in [2.05, 4.69) is 20.3 Å². The Bertz CT molecular complexity index is 1660. The Morgan fingerprint density at radius 2 is 1.87 bits per heavy atom. The highest BCUT2D eigenvalue weighted by Crippen LogP contribution is 2.44. The lowest BCUT2D eigenvalue weighted by molar-refractivity contribution is 0.254. The molecule has 2 N–H and O–H groups in total. The van der Waals surface area contributed by atoms with Gasteiger partial charge in [0.2, 0.25) is 5.88 Å². The summed E-state index contributed by atoms with van der Waals surface area (Å²) in [6.07, 6.45) is 2.81. The van der Waals surface area contributed by atoms with E-state index in [9.17, 15) is 14.0 Å². The molecule has 1 aromatic carbocycles. The van der Waals surface area contributed by atoms with Crippen LogP contribution in [0.1, 0.15) is 37.2 Å². The van der Waals surface area contributed by atoms with Gasteiger partial charge in [-0.15, -0.1) is 0 Å². The summed E-state index contributed by atoms with van der Waals surface area (Å²) in [4.78, 5) is 43.4. The summed E-state index contributed by atoms with van der Waals surface area (Å²) < 4.78 is 27.2. The van der Waals surface area contributed by atoms with Crippen LogP contribution >= 0.6 is 23.2 Å². The molecule has 2 amide bonds. The number of nitrogens with one attached hydrogen (secondary N) is 2. The number of carbonyl (C=O) groups excluding carboxylic acids is 1. The third-order valence-electron chi connectivity index (χ3n) is 6.14. The number of hydrogen-bond donors (Lipinski definition) is 2. The number of ether oxygens (including phenoxy) is 2. The lowest BCUT2D eigenvalue weighted by atomic mass is 9.98. The number of anilines is 2. The van der Waals surface area contributed by atoms with Crippen LogP contribution in [0.15, 0.2) is 41.5 Å². The van der Waals surface area contributed by atoms with Crippen molar-refractivity contribution in [3.05, 3.63) is 74.1 Å². The molecule has 4 aromatic rings. The van der Waals surface area contributed by atoms with Crippen LogP contribution in [-0.4, -0.2) is 44.8 Å². The first-order valence-corrected chi connectivity index (χ1v) is 12.4. The van der Waals surface area contributed by atoms with Gasteiger partial charge in [-0.1, -0.05) is 29.3 Å². The summed E-state index contributed by atoms with van der Waals surface area (Å²) >= 11 is 12.2. The van der Waals surface area contributed by atoms with Crippen molar-refractivity contribution < 1.29 is 18.7 Å². The second kappa shape index (κ2) is 10.2. The maximum Gasteiger partial charge on any atom is 0.328 e. The number of rotatable bonds is 6. The van der Waals surface area contributed by atoms with Gasteiger partial charge in [-0.2, -0.15) is 4.98 Å². The summed E-state index contributed by atoms with van der Waals surface area (Å²) in [6.45, 7) is 3.82. The number of methoxy groups -OCH3 is 2. The predicted molar refractivity (Wildman–Crippen MR) is 144 cm³/mol. The smallest absolute Gasteiger partial charge is 0.328 e. The number of halogens is 3. The highest BCUT2D eigenvalue weighted by atomic mass is 35.5. The monoisotopic (exact) mass is 573 g/mol. The summed E-state index contributed by atoms with van der Waals surface area (Å²) in [5, 5.41) is 2.86. The fourth-order valence-electron chi connectivity index (χ4n) is 4.53.